The Morgan fingerprint density at radius 2 is 2.26 bits per heavy atom. The summed E-state index contributed by atoms with van der Waals surface area (Å²) in [5, 5.41) is 13.3. The Labute approximate surface area is 118 Å². The van der Waals surface area contributed by atoms with Gasteiger partial charge in [0.1, 0.15) is 11.9 Å². The number of hydrogen-bond acceptors (Lipinski definition) is 3. The molecule has 19 heavy (non-hydrogen) atoms. The topological polar surface area (TPSA) is 41.5 Å². The van der Waals surface area contributed by atoms with Crippen LogP contribution < -0.4 is 10.1 Å². The standard InChI is InChI=1S/C15H20ClNO2/c16-12-1-2-14-11(7-12)8-13(19-14)9-17-10-15(3-4-15)5-6-18/h1-2,7,13,17-18H,3-6,8-10H2. The van der Waals surface area contributed by atoms with Crippen molar-refractivity contribution >= 4 is 11.6 Å². The Bertz CT molecular complexity index is 459. The van der Waals surface area contributed by atoms with E-state index in [-0.39, 0.29) is 6.10 Å². The number of nitrogens with one attached hydrogen (secondary N) is 1. The number of halogens is 1. The van der Waals surface area contributed by atoms with Crippen LogP contribution in [0, 0.1) is 5.41 Å². The van der Waals surface area contributed by atoms with E-state index in [0.717, 1.165) is 36.7 Å². The minimum absolute atomic E-state index is 0.207. The summed E-state index contributed by atoms with van der Waals surface area (Å²) in [4.78, 5) is 0. The van der Waals surface area contributed by atoms with Gasteiger partial charge in [-0.05, 0) is 48.4 Å². The molecule has 2 N–H and O–H groups in total. The zero-order chi connectivity index (χ0) is 13.3. The van der Waals surface area contributed by atoms with Crippen LogP contribution in [0.15, 0.2) is 18.2 Å². The molecule has 1 aromatic carbocycles. The number of aliphatic hydroxyl groups is 1. The van der Waals surface area contributed by atoms with Crippen molar-refractivity contribution in [3.05, 3.63) is 28.8 Å². The smallest absolute Gasteiger partial charge is 0.123 e. The fraction of sp³-hybridized carbons (Fsp3) is 0.600. The zero-order valence-corrected chi connectivity index (χ0v) is 11.7. The molecule has 1 aliphatic heterocycles. The van der Waals surface area contributed by atoms with Crippen molar-refractivity contribution in [2.75, 3.05) is 19.7 Å². The molecule has 1 unspecified atom stereocenters. The van der Waals surface area contributed by atoms with Gasteiger partial charge in [-0.3, -0.25) is 0 Å². The predicted octanol–water partition coefficient (Wildman–Crippen LogP) is 2.40. The highest BCUT2D eigenvalue weighted by Gasteiger charge is 2.41. The summed E-state index contributed by atoms with van der Waals surface area (Å²) in [6.45, 7) is 2.15. The Balaban J connectivity index is 1.46. The molecule has 0 aromatic heterocycles. The summed E-state index contributed by atoms with van der Waals surface area (Å²) in [6.07, 6.45) is 4.53. The molecule has 1 atom stereocenters. The molecule has 2 aliphatic rings. The fourth-order valence-corrected chi connectivity index (χ4v) is 3.02. The van der Waals surface area contributed by atoms with Crippen LogP contribution in [-0.4, -0.2) is 30.9 Å². The third kappa shape index (κ3) is 3.04. The first-order valence-corrected chi connectivity index (χ1v) is 7.35. The maximum Gasteiger partial charge on any atom is 0.123 e. The van der Waals surface area contributed by atoms with Crippen LogP contribution in [0.25, 0.3) is 0 Å². The van der Waals surface area contributed by atoms with Crippen LogP contribution >= 0.6 is 11.6 Å². The van der Waals surface area contributed by atoms with Crippen molar-refractivity contribution in [3.63, 3.8) is 0 Å². The third-order valence-corrected chi connectivity index (χ3v) is 4.47. The van der Waals surface area contributed by atoms with E-state index in [0.29, 0.717) is 12.0 Å². The van der Waals surface area contributed by atoms with Gasteiger partial charge < -0.3 is 15.2 Å². The maximum atomic E-state index is 9.03. The Kier molecular flexibility index (Phi) is 3.70. The molecule has 4 heteroatoms. The number of aliphatic hydroxyl groups excluding tert-OH is 1. The summed E-state index contributed by atoms with van der Waals surface area (Å²) in [5.74, 6) is 0.965. The van der Waals surface area contributed by atoms with Crippen molar-refractivity contribution in [2.24, 2.45) is 5.41 Å². The first-order chi connectivity index (χ1) is 9.21. The molecule has 1 heterocycles. The van der Waals surface area contributed by atoms with E-state index >= 15 is 0 Å². The second-order valence-electron chi connectivity index (χ2n) is 5.80. The fourth-order valence-electron chi connectivity index (χ4n) is 2.83. The Morgan fingerprint density at radius 1 is 1.42 bits per heavy atom. The lowest BCUT2D eigenvalue weighted by Gasteiger charge is -2.17. The Hall–Kier alpha value is -0.770. The van der Waals surface area contributed by atoms with Gasteiger partial charge in [0.25, 0.3) is 0 Å². The molecule has 0 saturated heterocycles. The summed E-state index contributed by atoms with van der Waals surface area (Å²) in [7, 11) is 0. The van der Waals surface area contributed by atoms with Crippen LogP contribution in [0.1, 0.15) is 24.8 Å². The van der Waals surface area contributed by atoms with Gasteiger partial charge in [-0.15, -0.1) is 0 Å². The van der Waals surface area contributed by atoms with E-state index in [2.05, 4.69) is 5.32 Å². The van der Waals surface area contributed by atoms with Gasteiger partial charge in [0, 0.05) is 31.1 Å². The van der Waals surface area contributed by atoms with Gasteiger partial charge in [-0.1, -0.05) is 11.6 Å². The first kappa shape index (κ1) is 13.2. The molecule has 1 fully saturated rings. The molecule has 0 radical (unpaired) electrons. The quantitative estimate of drug-likeness (QED) is 0.841. The minimum Gasteiger partial charge on any atom is -0.488 e. The lowest BCUT2D eigenvalue weighted by Crippen LogP contribution is -2.34. The highest BCUT2D eigenvalue weighted by molar-refractivity contribution is 6.30. The monoisotopic (exact) mass is 281 g/mol. The molecule has 0 spiro atoms. The van der Waals surface area contributed by atoms with Crippen LogP contribution in [0.3, 0.4) is 0 Å². The van der Waals surface area contributed by atoms with Crippen molar-refractivity contribution in [3.8, 4) is 5.75 Å². The lowest BCUT2D eigenvalue weighted by molar-refractivity contribution is 0.214. The summed E-state index contributed by atoms with van der Waals surface area (Å²) in [5.41, 5.74) is 1.57. The molecule has 1 aliphatic carbocycles. The number of ether oxygens (including phenoxy) is 1. The number of fused-ring (bicyclic) bond motifs is 1. The number of hydrogen-bond donors (Lipinski definition) is 2. The normalized spacial score (nSPS) is 22.9. The van der Waals surface area contributed by atoms with Gasteiger partial charge in [0.15, 0.2) is 0 Å². The third-order valence-electron chi connectivity index (χ3n) is 4.24. The van der Waals surface area contributed by atoms with Crippen molar-refractivity contribution < 1.29 is 9.84 Å². The maximum absolute atomic E-state index is 9.03. The molecule has 1 saturated carbocycles. The molecule has 3 nitrogen and oxygen atoms in total. The van der Waals surface area contributed by atoms with E-state index in [1.54, 1.807) is 0 Å². The number of benzene rings is 1. The van der Waals surface area contributed by atoms with Crippen molar-refractivity contribution in [1.29, 1.82) is 0 Å². The highest BCUT2D eigenvalue weighted by Crippen LogP contribution is 2.47. The largest absolute Gasteiger partial charge is 0.488 e. The van der Waals surface area contributed by atoms with E-state index in [1.165, 1.54) is 18.4 Å². The van der Waals surface area contributed by atoms with Crippen LogP contribution in [0.2, 0.25) is 5.02 Å². The SMILES string of the molecule is OCCC1(CNCC2Cc3cc(Cl)ccc3O2)CC1. The van der Waals surface area contributed by atoms with Gasteiger partial charge in [-0.2, -0.15) is 0 Å². The summed E-state index contributed by atoms with van der Waals surface area (Å²) in [6, 6.07) is 5.81. The second kappa shape index (κ2) is 5.31. The molecule has 0 amide bonds. The van der Waals surface area contributed by atoms with Gasteiger partial charge >= 0.3 is 0 Å². The molecule has 104 valence electrons. The van der Waals surface area contributed by atoms with Crippen molar-refractivity contribution in [1.82, 2.24) is 5.32 Å². The van der Waals surface area contributed by atoms with E-state index in [1.807, 2.05) is 18.2 Å². The first-order valence-electron chi connectivity index (χ1n) is 6.97. The van der Waals surface area contributed by atoms with E-state index in [9.17, 15) is 0 Å². The summed E-state index contributed by atoms with van der Waals surface area (Å²) >= 11 is 5.98. The van der Waals surface area contributed by atoms with Crippen LogP contribution in [-0.2, 0) is 6.42 Å². The highest BCUT2D eigenvalue weighted by atomic mass is 35.5. The van der Waals surface area contributed by atoms with E-state index < -0.39 is 0 Å². The van der Waals surface area contributed by atoms with Crippen LogP contribution in [0.4, 0.5) is 0 Å². The average Bonchev–Trinajstić information content (AvgIpc) is 3.01. The van der Waals surface area contributed by atoms with E-state index in [4.69, 9.17) is 21.4 Å². The predicted molar refractivity (Wildman–Crippen MR) is 75.8 cm³/mol. The molecule has 1 aromatic rings. The molecule has 3 rings (SSSR count). The second-order valence-corrected chi connectivity index (χ2v) is 6.24. The van der Waals surface area contributed by atoms with Crippen molar-refractivity contribution in [2.45, 2.75) is 31.8 Å². The van der Waals surface area contributed by atoms with Gasteiger partial charge in [0.05, 0.1) is 0 Å². The zero-order valence-electron chi connectivity index (χ0n) is 11.0. The summed E-state index contributed by atoms with van der Waals surface area (Å²) < 4.78 is 5.89. The Morgan fingerprint density at radius 3 is 3.00 bits per heavy atom. The van der Waals surface area contributed by atoms with Gasteiger partial charge in [0.2, 0.25) is 0 Å². The molecular formula is C15H20ClNO2. The minimum atomic E-state index is 0.207. The molecule has 0 bridgehead atoms. The van der Waals surface area contributed by atoms with Gasteiger partial charge in [-0.25, -0.2) is 0 Å². The van der Waals surface area contributed by atoms with Crippen LogP contribution in [0.5, 0.6) is 5.75 Å². The molecular weight excluding hydrogens is 262 g/mol. The average molecular weight is 282 g/mol. The number of rotatable bonds is 6. The lowest BCUT2D eigenvalue weighted by atomic mass is 10.0.